The van der Waals surface area contributed by atoms with E-state index < -0.39 is 0 Å². The van der Waals surface area contributed by atoms with E-state index in [-0.39, 0.29) is 0 Å². The summed E-state index contributed by atoms with van der Waals surface area (Å²) in [6, 6.07) is 0.760. The van der Waals surface area contributed by atoms with Gasteiger partial charge in [0.25, 0.3) is 0 Å². The molecule has 0 aromatic carbocycles. The maximum atomic E-state index is 3.40. The van der Waals surface area contributed by atoms with Crippen molar-refractivity contribution in [3.63, 3.8) is 0 Å². The third-order valence-corrected chi connectivity index (χ3v) is 2.75. The molecule has 0 bridgehead atoms. The topological polar surface area (TPSA) is 24.1 Å². The number of nitrogens with one attached hydrogen (secondary N) is 2. The second kappa shape index (κ2) is 4.73. The maximum Gasteiger partial charge on any atom is 0.0104 e. The van der Waals surface area contributed by atoms with Crippen LogP contribution in [-0.2, 0) is 0 Å². The van der Waals surface area contributed by atoms with Crippen LogP contribution in [0.1, 0.15) is 25.7 Å². The van der Waals surface area contributed by atoms with Crippen LogP contribution in [0.3, 0.4) is 0 Å². The van der Waals surface area contributed by atoms with Gasteiger partial charge in [0.2, 0.25) is 0 Å². The Balaban J connectivity index is 2.31. The number of hydrogen-bond donors (Lipinski definition) is 2. The van der Waals surface area contributed by atoms with Crippen molar-refractivity contribution in [1.82, 2.24) is 10.6 Å². The lowest BCUT2D eigenvalue weighted by atomic mass is 9.84. The highest BCUT2D eigenvalue weighted by Crippen LogP contribution is 2.23. The summed E-state index contributed by atoms with van der Waals surface area (Å²) in [5.41, 5.74) is 0. The molecule has 0 unspecified atom stereocenters. The Morgan fingerprint density at radius 1 is 1.18 bits per heavy atom. The Hall–Kier alpha value is -0.0800. The fraction of sp³-hybridized carbons (Fsp3) is 1.00. The second-order valence-electron chi connectivity index (χ2n) is 3.50. The lowest BCUT2D eigenvalue weighted by Gasteiger charge is -2.31. The average molecular weight is 156 g/mol. The zero-order valence-electron chi connectivity index (χ0n) is 7.69. The zero-order valence-corrected chi connectivity index (χ0v) is 7.69. The van der Waals surface area contributed by atoms with Gasteiger partial charge in [-0.2, -0.15) is 0 Å². The second-order valence-corrected chi connectivity index (χ2v) is 3.50. The van der Waals surface area contributed by atoms with Crippen molar-refractivity contribution >= 4 is 0 Å². The maximum absolute atomic E-state index is 3.40. The van der Waals surface area contributed by atoms with Crippen LogP contribution in [0.5, 0.6) is 0 Å². The van der Waals surface area contributed by atoms with Crippen molar-refractivity contribution in [2.45, 2.75) is 31.7 Å². The van der Waals surface area contributed by atoms with Crippen molar-refractivity contribution in [3.8, 4) is 0 Å². The number of hydrogen-bond acceptors (Lipinski definition) is 2. The summed E-state index contributed by atoms with van der Waals surface area (Å²) in [5.74, 6) is 0.860. The fourth-order valence-electron chi connectivity index (χ4n) is 2.09. The summed E-state index contributed by atoms with van der Waals surface area (Å²) in [5, 5.41) is 6.66. The molecule has 0 radical (unpaired) electrons. The Bertz CT molecular complexity index is 102. The van der Waals surface area contributed by atoms with Crippen LogP contribution in [0.25, 0.3) is 0 Å². The molecule has 0 saturated heterocycles. The first-order valence-corrected chi connectivity index (χ1v) is 4.70. The van der Waals surface area contributed by atoms with Crippen molar-refractivity contribution in [2.75, 3.05) is 20.6 Å². The third-order valence-electron chi connectivity index (χ3n) is 2.75. The van der Waals surface area contributed by atoms with E-state index in [2.05, 4.69) is 17.7 Å². The molecule has 0 aliphatic heterocycles. The smallest absolute Gasteiger partial charge is 0.0104 e. The van der Waals surface area contributed by atoms with E-state index >= 15 is 0 Å². The van der Waals surface area contributed by atoms with Crippen molar-refractivity contribution < 1.29 is 0 Å². The molecule has 1 saturated carbocycles. The van der Waals surface area contributed by atoms with E-state index in [0.717, 1.165) is 12.0 Å². The molecule has 2 nitrogen and oxygen atoms in total. The Morgan fingerprint density at radius 2 is 1.91 bits per heavy atom. The molecule has 1 aliphatic carbocycles. The zero-order chi connectivity index (χ0) is 8.10. The molecule has 0 heterocycles. The summed E-state index contributed by atoms with van der Waals surface area (Å²) >= 11 is 0. The van der Waals surface area contributed by atoms with Gasteiger partial charge in [-0.1, -0.05) is 12.8 Å². The molecule has 0 aromatic heterocycles. The molecule has 1 fully saturated rings. The summed E-state index contributed by atoms with van der Waals surface area (Å²) in [7, 11) is 4.12. The minimum absolute atomic E-state index is 0.760. The van der Waals surface area contributed by atoms with E-state index in [1.165, 1.54) is 32.2 Å². The standard InChI is InChI=1S/C9H20N2/c1-10-7-8-5-3-4-6-9(8)11-2/h8-11H,3-7H2,1-2H3/t8-,9+/m0/s1. The van der Waals surface area contributed by atoms with Crippen LogP contribution in [0.15, 0.2) is 0 Å². The Kier molecular flexibility index (Phi) is 3.87. The van der Waals surface area contributed by atoms with E-state index in [0.29, 0.717) is 0 Å². The largest absolute Gasteiger partial charge is 0.319 e. The first-order valence-electron chi connectivity index (χ1n) is 4.70. The van der Waals surface area contributed by atoms with Crippen LogP contribution in [0, 0.1) is 5.92 Å². The predicted octanol–water partition coefficient (Wildman–Crippen LogP) is 0.984. The van der Waals surface area contributed by atoms with Gasteiger partial charge in [-0.15, -0.1) is 0 Å². The quantitative estimate of drug-likeness (QED) is 0.636. The van der Waals surface area contributed by atoms with E-state index in [9.17, 15) is 0 Å². The Morgan fingerprint density at radius 3 is 2.55 bits per heavy atom. The van der Waals surface area contributed by atoms with Crippen LogP contribution < -0.4 is 10.6 Å². The van der Waals surface area contributed by atoms with Gasteiger partial charge in [0.15, 0.2) is 0 Å². The van der Waals surface area contributed by atoms with Crippen molar-refractivity contribution in [3.05, 3.63) is 0 Å². The van der Waals surface area contributed by atoms with Crippen molar-refractivity contribution in [2.24, 2.45) is 5.92 Å². The SMILES string of the molecule is CNC[C@@H]1CCCC[C@H]1NC. The average Bonchev–Trinajstić information content (AvgIpc) is 2.06. The molecule has 1 aliphatic rings. The monoisotopic (exact) mass is 156 g/mol. The predicted molar refractivity (Wildman–Crippen MR) is 48.7 cm³/mol. The van der Waals surface area contributed by atoms with Crippen molar-refractivity contribution in [1.29, 1.82) is 0 Å². The van der Waals surface area contributed by atoms with Gasteiger partial charge in [-0.05, 0) is 39.4 Å². The highest BCUT2D eigenvalue weighted by Gasteiger charge is 2.22. The summed E-state index contributed by atoms with van der Waals surface area (Å²) in [6.45, 7) is 1.17. The highest BCUT2D eigenvalue weighted by molar-refractivity contribution is 4.80. The lowest BCUT2D eigenvalue weighted by molar-refractivity contribution is 0.270. The highest BCUT2D eigenvalue weighted by atomic mass is 14.9. The van der Waals surface area contributed by atoms with Gasteiger partial charge >= 0.3 is 0 Å². The summed E-state index contributed by atoms with van der Waals surface area (Å²) < 4.78 is 0. The molecule has 0 spiro atoms. The molecule has 2 N–H and O–H groups in total. The van der Waals surface area contributed by atoms with Gasteiger partial charge in [-0.3, -0.25) is 0 Å². The van der Waals surface area contributed by atoms with Gasteiger partial charge in [-0.25, -0.2) is 0 Å². The molecule has 2 heteroatoms. The first-order chi connectivity index (χ1) is 5.38. The molecular formula is C9H20N2. The van der Waals surface area contributed by atoms with Gasteiger partial charge < -0.3 is 10.6 Å². The molecular weight excluding hydrogens is 136 g/mol. The molecule has 11 heavy (non-hydrogen) atoms. The van der Waals surface area contributed by atoms with Crippen LogP contribution in [0.2, 0.25) is 0 Å². The summed E-state index contributed by atoms with van der Waals surface area (Å²) in [4.78, 5) is 0. The van der Waals surface area contributed by atoms with Crippen LogP contribution >= 0.6 is 0 Å². The molecule has 1 rings (SSSR count). The minimum atomic E-state index is 0.760. The fourth-order valence-corrected chi connectivity index (χ4v) is 2.09. The van der Waals surface area contributed by atoms with Gasteiger partial charge in [0.1, 0.15) is 0 Å². The molecule has 66 valence electrons. The molecule has 0 aromatic rings. The minimum Gasteiger partial charge on any atom is -0.319 e. The van der Waals surface area contributed by atoms with E-state index in [4.69, 9.17) is 0 Å². The summed E-state index contributed by atoms with van der Waals surface area (Å²) in [6.07, 6.45) is 5.59. The molecule has 0 amide bonds. The first kappa shape index (κ1) is 9.01. The van der Waals surface area contributed by atoms with Gasteiger partial charge in [0.05, 0.1) is 0 Å². The van der Waals surface area contributed by atoms with Crippen LogP contribution in [0.4, 0.5) is 0 Å². The van der Waals surface area contributed by atoms with Crippen LogP contribution in [-0.4, -0.2) is 26.7 Å². The van der Waals surface area contributed by atoms with E-state index in [1.54, 1.807) is 0 Å². The lowest BCUT2D eigenvalue weighted by Crippen LogP contribution is -2.40. The Labute approximate surface area is 69.8 Å². The van der Waals surface area contributed by atoms with E-state index in [1.807, 2.05) is 7.05 Å². The normalized spacial score (nSPS) is 32.2. The van der Waals surface area contributed by atoms with Gasteiger partial charge in [0, 0.05) is 6.04 Å². The number of rotatable bonds is 3. The third kappa shape index (κ3) is 2.46. The molecule has 2 atom stereocenters.